The van der Waals surface area contributed by atoms with Crippen molar-refractivity contribution in [2.45, 2.75) is 13.8 Å². The van der Waals surface area contributed by atoms with Crippen LogP contribution in [-0.4, -0.2) is 67.5 Å². The minimum atomic E-state index is -1.98. The van der Waals surface area contributed by atoms with E-state index < -0.39 is 29.0 Å². The van der Waals surface area contributed by atoms with Crippen LogP contribution in [0.1, 0.15) is 13.8 Å². The van der Waals surface area contributed by atoms with E-state index in [1.165, 1.54) is 7.05 Å². The van der Waals surface area contributed by atoms with Gasteiger partial charge in [0, 0.05) is 27.3 Å². The van der Waals surface area contributed by atoms with Crippen molar-refractivity contribution in [3.05, 3.63) is 0 Å². The van der Waals surface area contributed by atoms with Gasteiger partial charge in [-0.25, -0.2) is 0 Å². The summed E-state index contributed by atoms with van der Waals surface area (Å²) in [6, 6.07) is 0. The highest BCUT2D eigenvalue weighted by Gasteiger charge is 2.79. The predicted molar refractivity (Wildman–Crippen MR) is 66.1 cm³/mol. The molecule has 0 bridgehead atoms. The Morgan fingerprint density at radius 2 is 1.50 bits per heavy atom. The average Bonchev–Trinajstić information content (AvgIpc) is 2.46. The number of imide groups is 2. The Bertz CT molecular complexity index is 409. The standard InChI is InChI=1S/C8H8N2O4.C4H10O2/c1-3-10-6(13)8(7(10)14)4(11)9(2)5(8)12;1-3-6-4-5-2/h3H2,1-2H3;3-4H2,1-2H3. The molecule has 4 amide bonds. The van der Waals surface area contributed by atoms with Gasteiger partial charge in [-0.2, -0.15) is 0 Å². The first kappa shape index (κ1) is 16.3. The molecule has 2 rings (SSSR count). The average molecular weight is 286 g/mol. The second-order valence-corrected chi connectivity index (χ2v) is 4.17. The lowest BCUT2D eigenvalue weighted by molar-refractivity contribution is -0.198. The van der Waals surface area contributed by atoms with E-state index in [1.807, 2.05) is 6.92 Å². The van der Waals surface area contributed by atoms with Gasteiger partial charge >= 0.3 is 0 Å². The monoisotopic (exact) mass is 286 g/mol. The zero-order chi connectivity index (χ0) is 15.5. The first-order valence-electron chi connectivity index (χ1n) is 6.16. The van der Waals surface area contributed by atoms with E-state index in [0.717, 1.165) is 16.4 Å². The lowest BCUT2D eigenvalue weighted by Gasteiger charge is -2.51. The summed E-state index contributed by atoms with van der Waals surface area (Å²) < 4.78 is 9.32. The molecule has 112 valence electrons. The second kappa shape index (κ2) is 6.10. The molecular formula is C12H18N2O6. The van der Waals surface area contributed by atoms with Gasteiger partial charge in [0.25, 0.3) is 29.0 Å². The Balaban J connectivity index is 0.000000286. The van der Waals surface area contributed by atoms with Gasteiger partial charge in [-0.15, -0.1) is 0 Å². The summed E-state index contributed by atoms with van der Waals surface area (Å²) in [5, 5.41) is 0. The summed E-state index contributed by atoms with van der Waals surface area (Å²) in [6.45, 7) is 4.88. The fourth-order valence-electron chi connectivity index (χ4n) is 1.99. The van der Waals surface area contributed by atoms with E-state index in [1.54, 1.807) is 14.0 Å². The third kappa shape index (κ3) is 2.01. The third-order valence-electron chi connectivity index (χ3n) is 3.10. The summed E-state index contributed by atoms with van der Waals surface area (Å²) >= 11 is 0. The Morgan fingerprint density at radius 3 is 1.80 bits per heavy atom. The number of nitrogens with zero attached hydrogens (tertiary/aromatic N) is 2. The van der Waals surface area contributed by atoms with Crippen LogP contribution in [0.25, 0.3) is 0 Å². The fraction of sp³-hybridized carbons (Fsp3) is 0.667. The van der Waals surface area contributed by atoms with Crippen LogP contribution in [0.15, 0.2) is 0 Å². The number of amides is 4. The number of hydrogen-bond donors (Lipinski definition) is 0. The fourth-order valence-corrected chi connectivity index (χ4v) is 1.99. The first-order chi connectivity index (χ1) is 9.40. The van der Waals surface area contributed by atoms with E-state index in [9.17, 15) is 19.2 Å². The molecular weight excluding hydrogens is 268 g/mol. The van der Waals surface area contributed by atoms with Gasteiger partial charge in [0.2, 0.25) is 0 Å². The van der Waals surface area contributed by atoms with E-state index in [2.05, 4.69) is 4.74 Å². The summed E-state index contributed by atoms with van der Waals surface area (Å²) in [5.74, 6) is -2.78. The third-order valence-corrected chi connectivity index (χ3v) is 3.10. The summed E-state index contributed by atoms with van der Waals surface area (Å²) in [7, 11) is 2.86. The summed E-state index contributed by atoms with van der Waals surface area (Å²) in [4.78, 5) is 47.1. The SMILES string of the molecule is CCN1C(=O)C2(C(=O)N(C)C2=O)C1=O.CCOCOC. The number of carbonyl (C=O) groups excluding carboxylic acids is 4. The number of likely N-dealkylation sites (tertiary alicyclic amines) is 2. The van der Waals surface area contributed by atoms with Crippen molar-refractivity contribution in [1.82, 2.24) is 9.80 Å². The molecule has 2 aliphatic heterocycles. The highest BCUT2D eigenvalue weighted by Crippen LogP contribution is 2.43. The van der Waals surface area contributed by atoms with E-state index in [4.69, 9.17) is 4.74 Å². The number of ether oxygens (including phenoxy) is 2. The maximum atomic E-state index is 11.4. The molecule has 8 nitrogen and oxygen atoms in total. The number of hydrogen-bond acceptors (Lipinski definition) is 6. The second-order valence-electron chi connectivity index (χ2n) is 4.17. The molecule has 0 aromatic heterocycles. The Labute approximate surface area is 116 Å². The maximum absolute atomic E-state index is 11.4. The van der Waals surface area contributed by atoms with Gasteiger partial charge in [0.1, 0.15) is 6.79 Å². The number of rotatable bonds is 4. The molecule has 0 aromatic rings. The quantitative estimate of drug-likeness (QED) is 0.284. The Hall–Kier alpha value is -1.80. The van der Waals surface area contributed by atoms with Gasteiger partial charge in [-0.1, -0.05) is 0 Å². The van der Waals surface area contributed by atoms with Crippen LogP contribution in [0.3, 0.4) is 0 Å². The van der Waals surface area contributed by atoms with Crippen LogP contribution in [0.2, 0.25) is 0 Å². The zero-order valence-corrected chi connectivity index (χ0v) is 12.0. The molecule has 0 aliphatic carbocycles. The lowest BCUT2D eigenvalue weighted by Crippen LogP contribution is -2.83. The Morgan fingerprint density at radius 1 is 1.00 bits per heavy atom. The largest absolute Gasteiger partial charge is 0.359 e. The normalized spacial score (nSPS) is 19.6. The highest BCUT2D eigenvalue weighted by molar-refractivity contribution is 6.52. The number of methoxy groups -OCH3 is 1. The van der Waals surface area contributed by atoms with Crippen LogP contribution in [0.5, 0.6) is 0 Å². The zero-order valence-electron chi connectivity index (χ0n) is 12.0. The van der Waals surface area contributed by atoms with Crippen molar-refractivity contribution in [2.75, 3.05) is 34.1 Å². The van der Waals surface area contributed by atoms with E-state index in [-0.39, 0.29) is 6.54 Å². The first-order valence-corrected chi connectivity index (χ1v) is 6.16. The molecule has 2 aliphatic rings. The number of carbonyl (C=O) groups is 4. The van der Waals surface area contributed by atoms with Crippen molar-refractivity contribution in [2.24, 2.45) is 5.41 Å². The summed E-state index contributed by atoms with van der Waals surface area (Å²) in [5.41, 5.74) is -1.98. The molecule has 0 radical (unpaired) electrons. The molecule has 0 aromatic carbocycles. The van der Waals surface area contributed by atoms with Gasteiger partial charge in [0.05, 0.1) is 0 Å². The smallest absolute Gasteiger partial charge is 0.284 e. The van der Waals surface area contributed by atoms with Crippen LogP contribution in [0, 0.1) is 5.41 Å². The topological polar surface area (TPSA) is 93.2 Å². The van der Waals surface area contributed by atoms with Crippen LogP contribution < -0.4 is 0 Å². The minimum absolute atomic E-state index is 0.198. The van der Waals surface area contributed by atoms with Gasteiger partial charge in [-0.05, 0) is 13.8 Å². The van der Waals surface area contributed by atoms with Crippen LogP contribution >= 0.6 is 0 Å². The molecule has 8 heteroatoms. The van der Waals surface area contributed by atoms with Gasteiger partial charge < -0.3 is 9.47 Å². The van der Waals surface area contributed by atoms with E-state index >= 15 is 0 Å². The molecule has 2 heterocycles. The van der Waals surface area contributed by atoms with E-state index in [0.29, 0.717) is 6.79 Å². The maximum Gasteiger partial charge on any atom is 0.284 e. The Kier molecular flexibility index (Phi) is 4.96. The van der Waals surface area contributed by atoms with Crippen LogP contribution in [-0.2, 0) is 28.7 Å². The van der Waals surface area contributed by atoms with Crippen molar-refractivity contribution in [1.29, 1.82) is 0 Å². The minimum Gasteiger partial charge on any atom is -0.359 e. The van der Waals surface area contributed by atoms with Crippen molar-refractivity contribution in [3.8, 4) is 0 Å². The van der Waals surface area contributed by atoms with Crippen molar-refractivity contribution < 1.29 is 28.7 Å². The molecule has 1 spiro atoms. The molecule has 0 N–H and O–H groups in total. The van der Waals surface area contributed by atoms with Crippen molar-refractivity contribution in [3.63, 3.8) is 0 Å². The molecule has 0 unspecified atom stereocenters. The van der Waals surface area contributed by atoms with Gasteiger partial charge in [-0.3, -0.25) is 29.0 Å². The van der Waals surface area contributed by atoms with Crippen molar-refractivity contribution >= 4 is 23.6 Å². The molecule has 2 fully saturated rings. The molecule has 20 heavy (non-hydrogen) atoms. The molecule has 0 saturated carbocycles. The summed E-state index contributed by atoms with van der Waals surface area (Å²) in [6.07, 6.45) is 0. The van der Waals surface area contributed by atoms with Crippen LogP contribution in [0.4, 0.5) is 0 Å². The lowest BCUT2D eigenvalue weighted by atomic mass is 9.69. The molecule has 2 saturated heterocycles. The number of β-lactam (4-membered cyclic amide) rings is 4. The highest BCUT2D eigenvalue weighted by atomic mass is 16.7. The molecule has 0 atom stereocenters. The predicted octanol–water partition coefficient (Wildman–Crippen LogP) is -1.01. The van der Waals surface area contributed by atoms with Gasteiger partial charge in [0.15, 0.2) is 0 Å².